The molecule has 2 aliphatic heterocycles. The molecule has 0 spiro atoms. The lowest BCUT2D eigenvalue weighted by atomic mass is 10.00. The van der Waals surface area contributed by atoms with E-state index in [0.717, 1.165) is 31.6 Å². The van der Waals surface area contributed by atoms with Gasteiger partial charge in [-0.1, -0.05) is 6.92 Å². The second kappa shape index (κ2) is 7.85. The molecule has 1 atom stereocenters. The van der Waals surface area contributed by atoms with Crippen LogP contribution in [0.2, 0.25) is 0 Å². The summed E-state index contributed by atoms with van der Waals surface area (Å²) < 4.78 is 13.0. The minimum atomic E-state index is -0.247. The molecule has 2 heterocycles. The summed E-state index contributed by atoms with van der Waals surface area (Å²) in [5.74, 6) is 0.148. The first-order valence-electron chi connectivity index (χ1n) is 9.09. The van der Waals surface area contributed by atoms with E-state index in [2.05, 4.69) is 11.8 Å². The molecule has 3 rings (SSSR count). The molecule has 0 aromatic heterocycles. The first-order valence-corrected chi connectivity index (χ1v) is 9.09. The highest BCUT2D eigenvalue weighted by Crippen LogP contribution is 2.19. The number of rotatable bonds is 3. The van der Waals surface area contributed by atoms with E-state index in [1.807, 2.05) is 4.90 Å². The molecule has 0 aliphatic carbocycles. The summed E-state index contributed by atoms with van der Waals surface area (Å²) in [6.45, 7) is 6.29. The molecule has 0 saturated carbocycles. The number of carbonyl (C=O) groups excluding carboxylic acids is 2. The number of nitrogens with zero attached hydrogens (tertiary/aromatic N) is 3. The van der Waals surface area contributed by atoms with Crippen LogP contribution in [0.4, 0.5) is 10.1 Å². The van der Waals surface area contributed by atoms with Gasteiger partial charge in [-0.25, -0.2) is 4.39 Å². The molecule has 136 valence electrons. The van der Waals surface area contributed by atoms with Gasteiger partial charge in [-0.05, 0) is 43.0 Å². The molecule has 0 N–H and O–H groups in total. The summed E-state index contributed by atoms with van der Waals surface area (Å²) in [6, 6.07) is 6.41. The van der Waals surface area contributed by atoms with Gasteiger partial charge >= 0.3 is 0 Å². The van der Waals surface area contributed by atoms with Crippen LogP contribution in [0.25, 0.3) is 0 Å². The van der Waals surface area contributed by atoms with E-state index in [9.17, 15) is 14.0 Å². The van der Waals surface area contributed by atoms with Crippen molar-refractivity contribution in [2.75, 3.05) is 44.2 Å². The molecule has 1 aromatic carbocycles. The summed E-state index contributed by atoms with van der Waals surface area (Å²) >= 11 is 0. The highest BCUT2D eigenvalue weighted by molar-refractivity contribution is 5.97. The van der Waals surface area contributed by atoms with Crippen LogP contribution < -0.4 is 4.90 Å². The molecule has 1 unspecified atom stereocenters. The standard InChI is InChI=1S/C19H26FN3O2/c1-15-3-2-8-23(14-15)19(25)13-18(24)22-11-9-21(10-12-22)17-6-4-16(20)5-7-17/h4-7,15H,2-3,8-14H2,1H3. The van der Waals surface area contributed by atoms with Crippen molar-refractivity contribution >= 4 is 17.5 Å². The van der Waals surface area contributed by atoms with Crippen molar-refractivity contribution in [3.63, 3.8) is 0 Å². The first-order chi connectivity index (χ1) is 12.0. The van der Waals surface area contributed by atoms with Crippen molar-refractivity contribution in [3.05, 3.63) is 30.1 Å². The smallest absolute Gasteiger partial charge is 0.232 e. The second-order valence-corrected chi connectivity index (χ2v) is 7.11. The number of likely N-dealkylation sites (tertiary alicyclic amines) is 1. The largest absolute Gasteiger partial charge is 0.368 e. The van der Waals surface area contributed by atoms with E-state index in [1.165, 1.54) is 12.1 Å². The molecule has 6 heteroatoms. The number of hydrogen-bond donors (Lipinski definition) is 0. The topological polar surface area (TPSA) is 43.9 Å². The SMILES string of the molecule is CC1CCCN(C(=O)CC(=O)N2CCN(c3ccc(F)cc3)CC2)C1. The van der Waals surface area contributed by atoms with Gasteiger partial charge in [-0.2, -0.15) is 0 Å². The monoisotopic (exact) mass is 347 g/mol. The predicted molar refractivity (Wildman–Crippen MR) is 94.8 cm³/mol. The van der Waals surface area contributed by atoms with Crippen molar-refractivity contribution in [3.8, 4) is 0 Å². The Morgan fingerprint density at radius 1 is 1.00 bits per heavy atom. The van der Waals surface area contributed by atoms with Crippen molar-refractivity contribution < 1.29 is 14.0 Å². The molecule has 0 bridgehead atoms. The number of carbonyl (C=O) groups is 2. The maximum atomic E-state index is 13.0. The molecular formula is C19H26FN3O2. The fourth-order valence-corrected chi connectivity index (χ4v) is 3.63. The van der Waals surface area contributed by atoms with Crippen LogP contribution >= 0.6 is 0 Å². The molecular weight excluding hydrogens is 321 g/mol. The normalized spacial score (nSPS) is 21.4. The lowest BCUT2D eigenvalue weighted by Crippen LogP contribution is -2.50. The van der Waals surface area contributed by atoms with Crippen LogP contribution in [0.3, 0.4) is 0 Å². The Morgan fingerprint density at radius 3 is 2.28 bits per heavy atom. The molecule has 2 amide bonds. The van der Waals surface area contributed by atoms with Crippen molar-refractivity contribution in [1.29, 1.82) is 0 Å². The van der Waals surface area contributed by atoms with Gasteiger partial charge in [0.1, 0.15) is 12.2 Å². The van der Waals surface area contributed by atoms with Crippen LogP contribution in [0.5, 0.6) is 0 Å². The van der Waals surface area contributed by atoms with Gasteiger partial charge in [0.2, 0.25) is 11.8 Å². The fourth-order valence-electron chi connectivity index (χ4n) is 3.63. The Balaban J connectivity index is 1.48. The predicted octanol–water partition coefficient (Wildman–Crippen LogP) is 2.12. The number of amides is 2. The van der Waals surface area contributed by atoms with Gasteiger partial charge in [-0.3, -0.25) is 9.59 Å². The summed E-state index contributed by atoms with van der Waals surface area (Å²) in [5, 5.41) is 0. The number of piperazine rings is 1. The first kappa shape index (κ1) is 17.7. The summed E-state index contributed by atoms with van der Waals surface area (Å²) in [5.41, 5.74) is 0.965. The van der Waals surface area contributed by atoms with Gasteiger partial charge in [0.15, 0.2) is 0 Å². The van der Waals surface area contributed by atoms with Gasteiger partial charge in [0, 0.05) is 45.0 Å². The quantitative estimate of drug-likeness (QED) is 0.787. The van der Waals surface area contributed by atoms with Crippen LogP contribution in [0, 0.1) is 11.7 Å². The minimum absolute atomic E-state index is 0.0245. The zero-order chi connectivity index (χ0) is 17.8. The number of halogens is 1. The van der Waals surface area contributed by atoms with E-state index in [1.54, 1.807) is 17.0 Å². The number of benzene rings is 1. The van der Waals surface area contributed by atoms with E-state index in [-0.39, 0.29) is 24.1 Å². The molecule has 2 fully saturated rings. The summed E-state index contributed by atoms with van der Waals surface area (Å²) in [7, 11) is 0. The Morgan fingerprint density at radius 2 is 1.64 bits per heavy atom. The Hall–Kier alpha value is -2.11. The van der Waals surface area contributed by atoms with E-state index >= 15 is 0 Å². The number of hydrogen-bond acceptors (Lipinski definition) is 3. The third-order valence-corrected chi connectivity index (χ3v) is 5.14. The summed E-state index contributed by atoms with van der Waals surface area (Å²) in [4.78, 5) is 30.5. The lowest BCUT2D eigenvalue weighted by Gasteiger charge is -2.36. The van der Waals surface area contributed by atoms with Gasteiger partial charge in [0.25, 0.3) is 0 Å². The van der Waals surface area contributed by atoms with Crippen LogP contribution in [-0.2, 0) is 9.59 Å². The molecule has 2 saturated heterocycles. The van der Waals surface area contributed by atoms with Crippen LogP contribution in [-0.4, -0.2) is 60.9 Å². The number of piperidine rings is 1. The summed E-state index contributed by atoms with van der Waals surface area (Å²) in [6.07, 6.45) is 2.16. The number of anilines is 1. The average Bonchev–Trinajstić information content (AvgIpc) is 2.62. The molecule has 2 aliphatic rings. The van der Waals surface area contributed by atoms with Crippen LogP contribution in [0.15, 0.2) is 24.3 Å². The molecule has 5 nitrogen and oxygen atoms in total. The van der Waals surface area contributed by atoms with E-state index < -0.39 is 0 Å². The lowest BCUT2D eigenvalue weighted by molar-refractivity contribution is -0.141. The average molecular weight is 347 g/mol. The van der Waals surface area contributed by atoms with Gasteiger partial charge in [0.05, 0.1) is 0 Å². The Kier molecular flexibility index (Phi) is 5.56. The third kappa shape index (κ3) is 4.50. The van der Waals surface area contributed by atoms with Gasteiger partial charge < -0.3 is 14.7 Å². The van der Waals surface area contributed by atoms with Gasteiger partial charge in [-0.15, -0.1) is 0 Å². The minimum Gasteiger partial charge on any atom is -0.368 e. The van der Waals surface area contributed by atoms with Crippen molar-refractivity contribution in [1.82, 2.24) is 9.80 Å². The highest BCUT2D eigenvalue weighted by Gasteiger charge is 2.26. The maximum absolute atomic E-state index is 13.0. The Bertz CT molecular complexity index is 612. The molecule has 1 aromatic rings. The highest BCUT2D eigenvalue weighted by atomic mass is 19.1. The molecule has 0 radical (unpaired) electrons. The Labute approximate surface area is 148 Å². The van der Waals surface area contributed by atoms with Crippen LogP contribution in [0.1, 0.15) is 26.2 Å². The maximum Gasteiger partial charge on any atom is 0.232 e. The van der Waals surface area contributed by atoms with Crippen molar-refractivity contribution in [2.45, 2.75) is 26.2 Å². The zero-order valence-electron chi connectivity index (χ0n) is 14.8. The molecule has 25 heavy (non-hydrogen) atoms. The van der Waals surface area contributed by atoms with Crippen molar-refractivity contribution in [2.24, 2.45) is 5.92 Å². The second-order valence-electron chi connectivity index (χ2n) is 7.11. The van der Waals surface area contributed by atoms with E-state index in [4.69, 9.17) is 0 Å². The third-order valence-electron chi connectivity index (χ3n) is 5.14. The fraction of sp³-hybridized carbons (Fsp3) is 0.579. The van der Waals surface area contributed by atoms with E-state index in [0.29, 0.717) is 32.1 Å². The zero-order valence-corrected chi connectivity index (χ0v) is 14.8.